The number of anilines is 1. The van der Waals surface area contributed by atoms with Gasteiger partial charge in [0.25, 0.3) is 15.9 Å². The minimum atomic E-state index is -4.90. The highest BCUT2D eigenvalue weighted by Gasteiger charge is 2.31. The van der Waals surface area contributed by atoms with E-state index in [4.69, 9.17) is 5.84 Å². The predicted molar refractivity (Wildman–Crippen MR) is 97.6 cm³/mol. The maximum atomic E-state index is 12.6. The van der Waals surface area contributed by atoms with E-state index in [-0.39, 0.29) is 10.6 Å². The zero-order chi connectivity index (χ0) is 22.4. The SMILES string of the molecule is NON=NC(=O)/C=C/c1ccc(N(N)S(=O)(=O)c2ccc(OC(F)(F)F)cc2)cc1. The van der Waals surface area contributed by atoms with Gasteiger partial charge in [-0.2, -0.15) is 8.42 Å². The van der Waals surface area contributed by atoms with Gasteiger partial charge in [0.15, 0.2) is 0 Å². The van der Waals surface area contributed by atoms with E-state index in [0.717, 1.165) is 30.3 Å². The van der Waals surface area contributed by atoms with E-state index < -0.39 is 28.0 Å². The molecule has 0 aliphatic carbocycles. The Bertz CT molecular complexity index is 1040. The molecule has 160 valence electrons. The first-order chi connectivity index (χ1) is 14.0. The van der Waals surface area contributed by atoms with Gasteiger partial charge < -0.3 is 4.74 Å². The van der Waals surface area contributed by atoms with Crippen LogP contribution in [0.2, 0.25) is 0 Å². The molecule has 10 nitrogen and oxygen atoms in total. The molecule has 0 fully saturated rings. The monoisotopic (exact) mass is 445 g/mol. The Labute approximate surface area is 168 Å². The topological polar surface area (TPSA) is 150 Å². The quantitative estimate of drug-likeness (QED) is 0.288. The summed E-state index contributed by atoms with van der Waals surface area (Å²) in [6.07, 6.45) is -2.46. The Morgan fingerprint density at radius 2 is 1.67 bits per heavy atom. The van der Waals surface area contributed by atoms with Crippen LogP contribution in [0.1, 0.15) is 5.56 Å². The number of halogens is 3. The molecule has 4 N–H and O–H groups in total. The number of nitrogens with two attached hydrogens (primary N) is 2. The Morgan fingerprint density at radius 1 is 1.07 bits per heavy atom. The zero-order valence-corrected chi connectivity index (χ0v) is 15.7. The van der Waals surface area contributed by atoms with Crippen molar-refractivity contribution in [2.24, 2.45) is 22.1 Å². The second-order valence-corrected chi connectivity index (χ2v) is 7.19. The smallest absolute Gasteiger partial charge is 0.406 e. The lowest BCUT2D eigenvalue weighted by Crippen LogP contribution is -2.37. The van der Waals surface area contributed by atoms with Gasteiger partial charge in [-0.15, -0.1) is 19.1 Å². The van der Waals surface area contributed by atoms with E-state index >= 15 is 0 Å². The molecule has 2 aromatic rings. The number of sulfonamides is 1. The van der Waals surface area contributed by atoms with Gasteiger partial charge in [0.2, 0.25) is 0 Å². The Morgan fingerprint density at radius 3 is 2.20 bits per heavy atom. The van der Waals surface area contributed by atoms with Gasteiger partial charge >= 0.3 is 6.36 Å². The molecule has 0 aromatic heterocycles. The van der Waals surface area contributed by atoms with Gasteiger partial charge in [-0.3, -0.25) is 9.73 Å². The number of nitrogens with zero attached hydrogens (tertiary/aromatic N) is 3. The van der Waals surface area contributed by atoms with Gasteiger partial charge in [-0.25, -0.2) is 10.3 Å². The summed E-state index contributed by atoms with van der Waals surface area (Å²) in [7, 11) is -4.25. The Kier molecular flexibility index (Phi) is 7.10. The van der Waals surface area contributed by atoms with Crippen molar-refractivity contribution < 1.29 is 36.1 Å². The number of hydrogen-bond acceptors (Lipinski definition) is 8. The Balaban J connectivity index is 2.15. The van der Waals surface area contributed by atoms with Crippen LogP contribution in [0.15, 0.2) is 69.9 Å². The Hall–Kier alpha value is -3.49. The lowest BCUT2D eigenvalue weighted by Gasteiger charge is -2.19. The first-order valence-corrected chi connectivity index (χ1v) is 9.22. The van der Waals surface area contributed by atoms with Crippen molar-refractivity contribution in [1.29, 1.82) is 0 Å². The molecular formula is C16H14F3N5O5S. The number of ether oxygens (including phenoxy) is 1. The summed E-state index contributed by atoms with van der Waals surface area (Å²) in [5.41, 5.74) is 0.570. The van der Waals surface area contributed by atoms with E-state index in [1.54, 1.807) is 0 Å². The van der Waals surface area contributed by atoms with Crippen molar-refractivity contribution in [3.8, 4) is 5.75 Å². The van der Waals surface area contributed by atoms with Crippen molar-refractivity contribution in [2.45, 2.75) is 11.3 Å². The van der Waals surface area contributed by atoms with Crippen LogP contribution in [0.3, 0.4) is 0 Å². The normalized spacial score (nSPS) is 12.3. The van der Waals surface area contributed by atoms with E-state index in [2.05, 4.69) is 26.0 Å². The molecule has 2 rings (SSSR count). The minimum Gasteiger partial charge on any atom is -0.406 e. The van der Waals surface area contributed by atoms with Gasteiger partial charge in [-0.05, 0) is 48.0 Å². The van der Waals surface area contributed by atoms with E-state index in [0.29, 0.717) is 9.98 Å². The van der Waals surface area contributed by atoms with Crippen LogP contribution in [0.5, 0.6) is 5.75 Å². The summed E-state index contributed by atoms with van der Waals surface area (Å²) in [5, 5.41) is 5.92. The zero-order valence-electron chi connectivity index (χ0n) is 14.9. The second kappa shape index (κ2) is 9.34. The third kappa shape index (κ3) is 6.26. The molecule has 0 aliphatic rings. The highest BCUT2D eigenvalue weighted by molar-refractivity contribution is 7.92. The second-order valence-electron chi connectivity index (χ2n) is 5.37. The summed E-state index contributed by atoms with van der Waals surface area (Å²) in [5.74, 6) is 8.94. The number of rotatable bonds is 7. The molecule has 0 saturated heterocycles. The van der Waals surface area contributed by atoms with E-state index in [1.807, 2.05) is 0 Å². The average molecular weight is 445 g/mol. The molecule has 0 saturated carbocycles. The number of carbonyl (C=O) groups is 1. The largest absolute Gasteiger partial charge is 0.573 e. The first kappa shape index (κ1) is 22.8. The van der Waals surface area contributed by atoms with Gasteiger partial charge in [0.05, 0.1) is 15.9 Å². The summed E-state index contributed by atoms with van der Waals surface area (Å²) >= 11 is 0. The van der Waals surface area contributed by atoms with Gasteiger partial charge in [0.1, 0.15) is 5.75 Å². The number of carbonyl (C=O) groups excluding carboxylic acids is 1. The number of amides is 1. The summed E-state index contributed by atoms with van der Waals surface area (Å²) in [6, 6.07) is 9.20. The number of alkyl halides is 3. The lowest BCUT2D eigenvalue weighted by atomic mass is 10.2. The maximum absolute atomic E-state index is 12.6. The van der Waals surface area contributed by atoms with Crippen LogP contribution >= 0.6 is 0 Å². The third-order valence-corrected chi connectivity index (χ3v) is 4.96. The van der Waals surface area contributed by atoms with Crippen molar-refractivity contribution in [2.75, 3.05) is 4.41 Å². The van der Waals surface area contributed by atoms with Crippen LogP contribution in [-0.4, -0.2) is 20.7 Å². The highest BCUT2D eigenvalue weighted by Crippen LogP contribution is 2.26. The first-order valence-electron chi connectivity index (χ1n) is 7.78. The molecule has 0 atom stereocenters. The fourth-order valence-corrected chi connectivity index (χ4v) is 3.17. The molecular weight excluding hydrogens is 431 g/mol. The number of benzene rings is 2. The lowest BCUT2D eigenvalue weighted by molar-refractivity contribution is -0.274. The van der Waals surface area contributed by atoms with Crippen LogP contribution in [-0.2, 0) is 19.8 Å². The maximum Gasteiger partial charge on any atom is 0.573 e. The van der Waals surface area contributed by atoms with Crippen LogP contribution in [0, 0.1) is 0 Å². The minimum absolute atomic E-state index is 0.0605. The molecule has 0 spiro atoms. The van der Waals surface area contributed by atoms with Crippen LogP contribution < -0.4 is 20.9 Å². The molecule has 0 radical (unpaired) electrons. The van der Waals surface area contributed by atoms with Crippen LogP contribution in [0.4, 0.5) is 18.9 Å². The molecule has 0 unspecified atom stereocenters. The number of hydrogen-bond donors (Lipinski definition) is 2. The van der Waals surface area contributed by atoms with Crippen LogP contribution in [0.25, 0.3) is 6.08 Å². The predicted octanol–water partition coefficient (Wildman–Crippen LogP) is 2.45. The van der Waals surface area contributed by atoms with E-state index in [1.165, 1.54) is 30.3 Å². The molecule has 0 bridgehead atoms. The molecule has 2 aromatic carbocycles. The van der Waals surface area contributed by atoms with Gasteiger partial charge in [-0.1, -0.05) is 17.2 Å². The summed E-state index contributed by atoms with van der Waals surface area (Å²) in [6.45, 7) is 0. The standard InChI is InChI=1S/C16H14F3N5O5S/c17-16(18,19)28-13-6-8-14(9-7-13)30(26,27)24(20)12-4-1-11(2-5-12)3-10-15(25)22-23-29-21/h1-10H,20-21H2/b10-3+,23-22?. The fraction of sp³-hybridized carbons (Fsp3) is 0.0625. The molecule has 1 amide bonds. The highest BCUT2D eigenvalue weighted by atomic mass is 32.2. The fourth-order valence-electron chi connectivity index (χ4n) is 2.06. The summed E-state index contributed by atoms with van der Waals surface area (Å²) in [4.78, 5) is 14.7. The molecule has 14 heteroatoms. The molecule has 30 heavy (non-hydrogen) atoms. The van der Waals surface area contributed by atoms with Crippen molar-refractivity contribution in [1.82, 2.24) is 0 Å². The third-order valence-electron chi connectivity index (χ3n) is 3.37. The molecule has 0 heterocycles. The summed E-state index contributed by atoms with van der Waals surface area (Å²) < 4.78 is 65.9. The van der Waals surface area contributed by atoms with Crippen molar-refractivity contribution >= 4 is 27.7 Å². The van der Waals surface area contributed by atoms with Gasteiger partial charge in [0, 0.05) is 6.08 Å². The van der Waals surface area contributed by atoms with Crippen molar-refractivity contribution in [3.05, 3.63) is 60.2 Å². The molecule has 0 aliphatic heterocycles. The van der Waals surface area contributed by atoms with E-state index in [9.17, 15) is 26.4 Å². The van der Waals surface area contributed by atoms with Crippen molar-refractivity contribution in [3.63, 3.8) is 0 Å². The average Bonchev–Trinajstić information content (AvgIpc) is 2.69. The number of hydrazine groups is 1.